The van der Waals surface area contributed by atoms with Gasteiger partial charge in [0.2, 0.25) is 0 Å². The van der Waals surface area contributed by atoms with E-state index < -0.39 is 0 Å². The smallest absolute Gasteiger partial charge is 0.122 e. The first-order chi connectivity index (χ1) is 9.22. The minimum Gasteiger partial charge on any atom is -0.488 e. The van der Waals surface area contributed by atoms with Crippen LogP contribution in [0.3, 0.4) is 0 Å². The van der Waals surface area contributed by atoms with E-state index in [2.05, 4.69) is 6.07 Å². The summed E-state index contributed by atoms with van der Waals surface area (Å²) in [6.07, 6.45) is 2.61. The van der Waals surface area contributed by atoms with Gasteiger partial charge in [-0.3, -0.25) is 0 Å². The molecule has 2 nitrogen and oxygen atoms in total. The Balaban J connectivity index is 1.73. The third kappa shape index (κ3) is 2.94. The molecule has 1 aromatic carbocycles. The van der Waals surface area contributed by atoms with Crippen LogP contribution in [0.2, 0.25) is 4.34 Å². The van der Waals surface area contributed by atoms with Gasteiger partial charge in [-0.05, 0) is 54.7 Å². The minimum atomic E-state index is -0.344. The zero-order valence-corrected chi connectivity index (χ0v) is 12.0. The zero-order chi connectivity index (χ0) is 13.2. The first-order valence-electron chi connectivity index (χ1n) is 6.40. The van der Waals surface area contributed by atoms with Crippen LogP contribution >= 0.6 is 22.9 Å². The first-order valence-corrected chi connectivity index (χ1v) is 7.60. The predicted octanol–water partition coefficient (Wildman–Crippen LogP) is 4.35. The molecule has 0 saturated carbocycles. The first kappa shape index (κ1) is 13.0. The number of fused-ring (bicyclic) bond motifs is 1. The van der Waals surface area contributed by atoms with Gasteiger partial charge < -0.3 is 9.84 Å². The van der Waals surface area contributed by atoms with Gasteiger partial charge in [-0.25, -0.2) is 0 Å². The fourth-order valence-corrected chi connectivity index (χ4v) is 3.43. The van der Waals surface area contributed by atoms with Crippen molar-refractivity contribution in [1.82, 2.24) is 0 Å². The summed E-state index contributed by atoms with van der Waals surface area (Å²) in [5.41, 5.74) is 2.26. The van der Waals surface area contributed by atoms with Crippen LogP contribution in [0.1, 0.15) is 34.9 Å². The van der Waals surface area contributed by atoms with Crippen LogP contribution in [0.25, 0.3) is 0 Å². The molecule has 1 heterocycles. The van der Waals surface area contributed by atoms with Crippen LogP contribution in [0, 0.1) is 0 Å². The molecular weight excluding hydrogens is 280 g/mol. The number of benzene rings is 1. The maximum absolute atomic E-state index is 10.0. The second kappa shape index (κ2) is 5.53. The quantitative estimate of drug-likeness (QED) is 0.912. The Labute approximate surface area is 121 Å². The van der Waals surface area contributed by atoms with Crippen molar-refractivity contribution < 1.29 is 9.84 Å². The average molecular weight is 295 g/mol. The largest absolute Gasteiger partial charge is 0.488 e. The normalized spacial score (nSPS) is 18.1. The molecule has 4 heteroatoms. The molecule has 1 aromatic heterocycles. The number of hydrogen-bond donors (Lipinski definition) is 1. The maximum atomic E-state index is 10.0. The van der Waals surface area contributed by atoms with Gasteiger partial charge in [0.05, 0.1) is 10.4 Å². The fraction of sp³-hybridized carbons (Fsp3) is 0.333. The average Bonchev–Trinajstić information content (AvgIpc) is 2.83. The molecule has 2 aromatic rings. The van der Waals surface area contributed by atoms with E-state index in [0.717, 1.165) is 39.8 Å². The topological polar surface area (TPSA) is 29.5 Å². The van der Waals surface area contributed by atoms with E-state index in [-0.39, 0.29) is 6.10 Å². The summed E-state index contributed by atoms with van der Waals surface area (Å²) in [5.74, 6) is 0.809. The van der Waals surface area contributed by atoms with Crippen molar-refractivity contribution in [2.24, 2.45) is 0 Å². The van der Waals surface area contributed by atoms with Gasteiger partial charge in [0.1, 0.15) is 12.4 Å². The molecule has 0 radical (unpaired) electrons. The molecule has 1 aliphatic carbocycles. The molecular formula is C15H15ClO2S. The van der Waals surface area contributed by atoms with Crippen molar-refractivity contribution in [2.45, 2.75) is 32.0 Å². The molecule has 0 unspecified atom stereocenters. The van der Waals surface area contributed by atoms with Gasteiger partial charge in [-0.1, -0.05) is 17.7 Å². The highest BCUT2D eigenvalue weighted by Gasteiger charge is 2.18. The van der Waals surface area contributed by atoms with Crippen LogP contribution in [0.4, 0.5) is 0 Å². The molecule has 1 N–H and O–H groups in total. The van der Waals surface area contributed by atoms with Crippen molar-refractivity contribution in [1.29, 1.82) is 0 Å². The number of ether oxygens (including phenoxy) is 1. The van der Waals surface area contributed by atoms with Crippen molar-refractivity contribution in [2.75, 3.05) is 0 Å². The Morgan fingerprint density at radius 1 is 1.32 bits per heavy atom. The lowest BCUT2D eigenvalue weighted by Gasteiger charge is -2.21. The number of aryl methyl sites for hydroxylation is 1. The lowest BCUT2D eigenvalue weighted by molar-refractivity contribution is 0.156. The Morgan fingerprint density at radius 3 is 3.00 bits per heavy atom. The summed E-state index contributed by atoms with van der Waals surface area (Å²) in [5, 5.41) is 10.0. The molecule has 3 rings (SSSR count). The summed E-state index contributed by atoms with van der Waals surface area (Å²) in [6.45, 7) is 0.520. The summed E-state index contributed by atoms with van der Waals surface area (Å²) in [4.78, 5) is 1.10. The van der Waals surface area contributed by atoms with Gasteiger partial charge in [-0.2, -0.15) is 0 Å². The molecule has 0 bridgehead atoms. The number of thiophene rings is 1. The van der Waals surface area contributed by atoms with Crippen molar-refractivity contribution in [3.63, 3.8) is 0 Å². The molecule has 1 atom stereocenters. The van der Waals surface area contributed by atoms with Crippen LogP contribution in [-0.4, -0.2) is 5.11 Å². The highest BCUT2D eigenvalue weighted by atomic mass is 35.5. The Morgan fingerprint density at radius 2 is 2.21 bits per heavy atom. The van der Waals surface area contributed by atoms with E-state index >= 15 is 0 Å². The highest BCUT2D eigenvalue weighted by molar-refractivity contribution is 7.16. The number of aliphatic hydroxyl groups excluding tert-OH is 1. The number of hydrogen-bond acceptors (Lipinski definition) is 3. The summed E-state index contributed by atoms with van der Waals surface area (Å²) < 4.78 is 6.54. The lowest BCUT2D eigenvalue weighted by atomic mass is 9.89. The highest BCUT2D eigenvalue weighted by Crippen LogP contribution is 2.32. The third-order valence-corrected chi connectivity index (χ3v) is 4.61. The monoisotopic (exact) mass is 294 g/mol. The van der Waals surface area contributed by atoms with E-state index in [1.807, 2.05) is 24.3 Å². The van der Waals surface area contributed by atoms with Gasteiger partial charge in [0.15, 0.2) is 0 Å². The summed E-state index contributed by atoms with van der Waals surface area (Å²) in [6, 6.07) is 9.86. The van der Waals surface area contributed by atoms with E-state index in [1.165, 1.54) is 16.9 Å². The summed E-state index contributed by atoms with van der Waals surface area (Å²) >= 11 is 7.41. The zero-order valence-electron chi connectivity index (χ0n) is 10.4. The fourth-order valence-electron chi connectivity index (χ4n) is 2.43. The lowest BCUT2D eigenvalue weighted by Crippen LogP contribution is -2.09. The second-order valence-electron chi connectivity index (χ2n) is 4.76. The predicted molar refractivity (Wildman–Crippen MR) is 78.0 cm³/mol. The van der Waals surface area contributed by atoms with Crippen LogP contribution in [0.5, 0.6) is 5.75 Å². The molecule has 0 aliphatic heterocycles. The van der Waals surface area contributed by atoms with Crippen LogP contribution in [0.15, 0.2) is 30.3 Å². The van der Waals surface area contributed by atoms with Crippen molar-refractivity contribution >= 4 is 22.9 Å². The van der Waals surface area contributed by atoms with Crippen LogP contribution in [-0.2, 0) is 13.0 Å². The molecule has 0 saturated heterocycles. The standard InChI is InChI=1S/C15H15ClO2S/c16-15-7-6-12(19-15)9-18-11-5-4-10-2-1-3-14(17)13(10)8-11/h4-8,14,17H,1-3,9H2/t14-/m1/s1. The molecule has 100 valence electrons. The molecule has 19 heavy (non-hydrogen) atoms. The minimum absolute atomic E-state index is 0.344. The Kier molecular flexibility index (Phi) is 3.78. The third-order valence-electron chi connectivity index (χ3n) is 3.41. The number of rotatable bonds is 3. The van der Waals surface area contributed by atoms with E-state index in [4.69, 9.17) is 16.3 Å². The summed E-state index contributed by atoms with van der Waals surface area (Å²) in [7, 11) is 0. The number of halogens is 1. The van der Waals surface area contributed by atoms with E-state index in [1.54, 1.807) is 0 Å². The van der Waals surface area contributed by atoms with Gasteiger partial charge >= 0.3 is 0 Å². The van der Waals surface area contributed by atoms with Gasteiger partial charge in [-0.15, -0.1) is 11.3 Å². The molecule has 0 amide bonds. The van der Waals surface area contributed by atoms with Crippen molar-refractivity contribution in [3.05, 3.63) is 50.7 Å². The van der Waals surface area contributed by atoms with Gasteiger partial charge in [0.25, 0.3) is 0 Å². The van der Waals surface area contributed by atoms with E-state index in [9.17, 15) is 5.11 Å². The Hall–Kier alpha value is -1.03. The SMILES string of the molecule is O[C@@H]1CCCc2ccc(OCc3ccc(Cl)s3)cc21. The second-order valence-corrected chi connectivity index (χ2v) is 6.56. The molecule has 1 aliphatic rings. The molecule has 0 fully saturated rings. The Bertz CT molecular complexity index is 579. The van der Waals surface area contributed by atoms with Crippen LogP contribution < -0.4 is 4.74 Å². The van der Waals surface area contributed by atoms with Gasteiger partial charge in [0, 0.05) is 4.88 Å². The molecule has 0 spiro atoms. The van der Waals surface area contributed by atoms with Crippen molar-refractivity contribution in [3.8, 4) is 5.75 Å². The maximum Gasteiger partial charge on any atom is 0.122 e. The number of aliphatic hydroxyl groups is 1. The van der Waals surface area contributed by atoms with E-state index in [0.29, 0.717) is 6.61 Å².